The summed E-state index contributed by atoms with van der Waals surface area (Å²) in [6.07, 6.45) is 7.92. The van der Waals surface area contributed by atoms with Gasteiger partial charge in [-0.3, -0.25) is 4.79 Å². The Morgan fingerprint density at radius 2 is 2.14 bits per heavy atom. The summed E-state index contributed by atoms with van der Waals surface area (Å²) in [5, 5.41) is 9.12. The number of hydrogen-bond donors (Lipinski definition) is 1. The van der Waals surface area contributed by atoms with Gasteiger partial charge in [-0.15, -0.1) is 0 Å². The molecule has 0 radical (unpaired) electrons. The van der Waals surface area contributed by atoms with Crippen LogP contribution in [-0.2, 0) is 4.79 Å². The maximum Gasteiger partial charge on any atom is 0.226 e. The second-order valence-electron chi connectivity index (χ2n) is 4.15. The van der Waals surface area contributed by atoms with Gasteiger partial charge in [-0.2, -0.15) is 0 Å². The summed E-state index contributed by atoms with van der Waals surface area (Å²) in [6, 6.07) is 0.0862. The number of likely N-dealkylation sites (tertiary alicyclic amines) is 1. The van der Waals surface area contributed by atoms with Crippen molar-refractivity contribution in [3.05, 3.63) is 12.2 Å². The van der Waals surface area contributed by atoms with Crippen molar-refractivity contribution in [1.82, 2.24) is 4.90 Å². The number of carbonyl (C=O) groups excluding carboxylic acids is 1. The second kappa shape index (κ2) is 4.13. The molecule has 1 saturated heterocycles. The molecule has 0 bridgehead atoms. The molecule has 2 aliphatic rings. The van der Waals surface area contributed by atoms with Crippen molar-refractivity contribution in [2.45, 2.75) is 31.7 Å². The summed E-state index contributed by atoms with van der Waals surface area (Å²) in [7, 11) is 0. The molecule has 0 saturated carbocycles. The van der Waals surface area contributed by atoms with Gasteiger partial charge in [-0.25, -0.2) is 0 Å². The fourth-order valence-electron chi connectivity index (χ4n) is 2.37. The number of amides is 1. The van der Waals surface area contributed by atoms with Crippen molar-refractivity contribution in [3.63, 3.8) is 0 Å². The summed E-state index contributed by atoms with van der Waals surface area (Å²) in [6.45, 7) is 0.951. The fraction of sp³-hybridized carbons (Fsp3) is 0.727. The largest absolute Gasteiger partial charge is 0.394 e. The van der Waals surface area contributed by atoms with Crippen molar-refractivity contribution in [2.75, 3.05) is 13.2 Å². The second-order valence-corrected chi connectivity index (χ2v) is 4.15. The summed E-state index contributed by atoms with van der Waals surface area (Å²) < 4.78 is 0. The van der Waals surface area contributed by atoms with Gasteiger partial charge in [0.05, 0.1) is 12.6 Å². The zero-order valence-electron chi connectivity index (χ0n) is 8.35. The Morgan fingerprint density at radius 3 is 2.79 bits per heavy atom. The number of carbonyl (C=O) groups is 1. The quantitative estimate of drug-likeness (QED) is 0.666. The van der Waals surface area contributed by atoms with Crippen LogP contribution < -0.4 is 0 Å². The zero-order valence-corrected chi connectivity index (χ0v) is 8.35. The highest BCUT2D eigenvalue weighted by atomic mass is 16.3. The van der Waals surface area contributed by atoms with E-state index < -0.39 is 0 Å². The molecule has 1 aliphatic carbocycles. The van der Waals surface area contributed by atoms with E-state index in [1.165, 1.54) is 0 Å². The van der Waals surface area contributed by atoms with E-state index in [0.717, 1.165) is 32.2 Å². The molecule has 1 N–H and O–H groups in total. The maximum absolute atomic E-state index is 12.0. The number of rotatable bonds is 2. The first-order valence-corrected chi connectivity index (χ1v) is 5.39. The number of allylic oxidation sites excluding steroid dienone is 2. The highest BCUT2D eigenvalue weighted by Crippen LogP contribution is 2.25. The fourth-order valence-corrected chi connectivity index (χ4v) is 2.37. The Bertz CT molecular complexity index is 242. The van der Waals surface area contributed by atoms with Gasteiger partial charge >= 0.3 is 0 Å². The van der Waals surface area contributed by atoms with Crippen LogP contribution in [0.5, 0.6) is 0 Å². The predicted molar refractivity (Wildman–Crippen MR) is 53.7 cm³/mol. The topological polar surface area (TPSA) is 40.5 Å². The summed E-state index contributed by atoms with van der Waals surface area (Å²) >= 11 is 0. The van der Waals surface area contributed by atoms with Crippen LogP contribution in [0.15, 0.2) is 12.2 Å². The summed E-state index contributed by atoms with van der Waals surface area (Å²) in [5.41, 5.74) is 0. The predicted octanol–water partition coefficient (Wildman–Crippen LogP) is 0.936. The minimum atomic E-state index is 0.0862. The first-order chi connectivity index (χ1) is 6.83. The van der Waals surface area contributed by atoms with Gasteiger partial charge in [0.1, 0.15) is 0 Å². The van der Waals surface area contributed by atoms with Gasteiger partial charge in [0.15, 0.2) is 0 Å². The molecule has 3 nitrogen and oxygen atoms in total. The van der Waals surface area contributed by atoms with Gasteiger partial charge in [-0.1, -0.05) is 12.2 Å². The Kier molecular flexibility index (Phi) is 2.87. The molecule has 0 aromatic carbocycles. The van der Waals surface area contributed by atoms with Crippen molar-refractivity contribution in [2.24, 2.45) is 5.92 Å². The van der Waals surface area contributed by atoms with Gasteiger partial charge in [0, 0.05) is 12.5 Å². The molecule has 1 fully saturated rings. The van der Waals surface area contributed by atoms with Crippen LogP contribution >= 0.6 is 0 Å². The third-order valence-electron chi connectivity index (χ3n) is 3.23. The van der Waals surface area contributed by atoms with Gasteiger partial charge < -0.3 is 10.0 Å². The van der Waals surface area contributed by atoms with Crippen molar-refractivity contribution in [3.8, 4) is 0 Å². The number of aliphatic hydroxyl groups is 1. The van der Waals surface area contributed by atoms with E-state index in [1.807, 2.05) is 4.90 Å². The molecule has 1 unspecified atom stereocenters. The molecule has 0 spiro atoms. The molecule has 1 atom stereocenters. The monoisotopic (exact) mass is 195 g/mol. The molecular weight excluding hydrogens is 178 g/mol. The molecule has 0 aromatic heterocycles. The highest BCUT2D eigenvalue weighted by Gasteiger charge is 2.32. The molecule has 3 heteroatoms. The van der Waals surface area contributed by atoms with Gasteiger partial charge in [0.2, 0.25) is 5.91 Å². The third-order valence-corrected chi connectivity index (χ3v) is 3.23. The lowest BCUT2D eigenvalue weighted by Crippen LogP contribution is -2.40. The molecule has 1 aliphatic heterocycles. The minimum absolute atomic E-state index is 0.0862. The Labute approximate surface area is 84.4 Å². The summed E-state index contributed by atoms with van der Waals surface area (Å²) in [4.78, 5) is 13.9. The highest BCUT2D eigenvalue weighted by molar-refractivity contribution is 5.80. The molecule has 14 heavy (non-hydrogen) atoms. The number of aliphatic hydroxyl groups excluding tert-OH is 1. The van der Waals surface area contributed by atoms with E-state index in [4.69, 9.17) is 5.11 Å². The Hall–Kier alpha value is -0.830. The van der Waals surface area contributed by atoms with Crippen molar-refractivity contribution in [1.29, 1.82) is 0 Å². The number of nitrogens with zero attached hydrogens (tertiary/aromatic N) is 1. The smallest absolute Gasteiger partial charge is 0.226 e. The van der Waals surface area contributed by atoms with Crippen LogP contribution in [0.3, 0.4) is 0 Å². The van der Waals surface area contributed by atoms with Gasteiger partial charge in [0.25, 0.3) is 0 Å². The minimum Gasteiger partial charge on any atom is -0.394 e. The van der Waals surface area contributed by atoms with E-state index in [-0.39, 0.29) is 24.5 Å². The Morgan fingerprint density at radius 1 is 1.43 bits per heavy atom. The lowest BCUT2D eigenvalue weighted by molar-refractivity contribution is -0.136. The zero-order chi connectivity index (χ0) is 9.97. The molecule has 1 amide bonds. The average Bonchev–Trinajstić information content (AvgIpc) is 2.87. The SMILES string of the molecule is O=C(C1CC=CC1)N1CCCC1CO. The summed E-state index contributed by atoms with van der Waals surface area (Å²) in [5.74, 6) is 0.397. The first kappa shape index (κ1) is 9.71. The van der Waals surface area contributed by atoms with Gasteiger partial charge in [-0.05, 0) is 25.7 Å². The van der Waals surface area contributed by atoms with E-state index in [0.29, 0.717) is 0 Å². The van der Waals surface area contributed by atoms with E-state index in [1.54, 1.807) is 0 Å². The third kappa shape index (κ3) is 1.69. The molecular formula is C11H17NO2. The standard InChI is InChI=1S/C11H17NO2/c13-8-10-6-3-7-12(10)11(14)9-4-1-2-5-9/h1-2,9-10,13H,3-8H2. The average molecular weight is 195 g/mol. The van der Waals surface area contributed by atoms with Crippen molar-refractivity contribution >= 4 is 5.91 Å². The van der Waals surface area contributed by atoms with Crippen LogP contribution in [0.25, 0.3) is 0 Å². The van der Waals surface area contributed by atoms with E-state index in [2.05, 4.69) is 12.2 Å². The van der Waals surface area contributed by atoms with Crippen LogP contribution in [0.1, 0.15) is 25.7 Å². The molecule has 0 aromatic rings. The lowest BCUT2D eigenvalue weighted by atomic mass is 10.1. The van der Waals surface area contributed by atoms with E-state index in [9.17, 15) is 4.79 Å². The molecule has 78 valence electrons. The van der Waals surface area contributed by atoms with Crippen LogP contribution in [-0.4, -0.2) is 35.1 Å². The molecule has 2 rings (SSSR count). The molecule has 1 heterocycles. The first-order valence-electron chi connectivity index (χ1n) is 5.39. The van der Waals surface area contributed by atoms with E-state index >= 15 is 0 Å². The Balaban J connectivity index is 1.96. The van der Waals surface area contributed by atoms with Crippen LogP contribution in [0.4, 0.5) is 0 Å². The number of hydrogen-bond acceptors (Lipinski definition) is 2. The van der Waals surface area contributed by atoms with Crippen LogP contribution in [0, 0.1) is 5.92 Å². The van der Waals surface area contributed by atoms with Crippen molar-refractivity contribution < 1.29 is 9.90 Å². The lowest BCUT2D eigenvalue weighted by Gasteiger charge is -2.25. The normalized spacial score (nSPS) is 27.5. The maximum atomic E-state index is 12.0. The van der Waals surface area contributed by atoms with Crippen LogP contribution in [0.2, 0.25) is 0 Å².